The number of hydrogen-bond acceptors (Lipinski definition) is 6. The normalized spacial score (nSPS) is 15.3. The van der Waals surface area contributed by atoms with Gasteiger partial charge in [-0.25, -0.2) is 0 Å². The molecule has 1 aliphatic rings. The summed E-state index contributed by atoms with van der Waals surface area (Å²) < 4.78 is 7.11. The highest BCUT2D eigenvalue weighted by Gasteiger charge is 2.25. The van der Waals surface area contributed by atoms with Gasteiger partial charge in [0.1, 0.15) is 12.4 Å². The molecule has 1 N–H and O–H groups in total. The molecule has 0 spiro atoms. The molecule has 8 nitrogen and oxygen atoms in total. The molecule has 2 amide bonds. The summed E-state index contributed by atoms with van der Waals surface area (Å²) in [5.41, 5.74) is 1.78. The van der Waals surface area contributed by atoms with Crippen molar-refractivity contribution in [1.82, 2.24) is 5.32 Å². The number of carbonyl (C=O) groups is 2. The van der Waals surface area contributed by atoms with Gasteiger partial charge in [-0.2, -0.15) is 4.99 Å². The van der Waals surface area contributed by atoms with Crippen LogP contribution in [-0.4, -0.2) is 21.9 Å². The number of hydrogen-bond donors (Lipinski definition) is 1. The number of amides is 2. The number of rotatable bonds is 6. The number of aliphatic imine (C=N–C) groups is 1. The molecule has 0 atom stereocenters. The number of ether oxygens (including phenoxy) is 1. The highest BCUT2D eigenvalue weighted by atomic mass is 79.9. The summed E-state index contributed by atoms with van der Waals surface area (Å²) in [6, 6.07) is 18.4. The van der Waals surface area contributed by atoms with Crippen LogP contribution in [0.15, 0.2) is 85.6 Å². The van der Waals surface area contributed by atoms with Gasteiger partial charge < -0.3 is 10.1 Å². The van der Waals surface area contributed by atoms with E-state index in [1.807, 2.05) is 0 Å². The summed E-state index contributed by atoms with van der Waals surface area (Å²) in [6.45, 7) is 0.132. The van der Waals surface area contributed by atoms with Crippen molar-refractivity contribution in [3.8, 4) is 5.75 Å². The molecule has 3 aromatic carbocycles. The Balaban J connectivity index is 1.48. The minimum atomic E-state index is -0.456. The largest absolute Gasteiger partial charge is 0.487 e. The van der Waals surface area contributed by atoms with Crippen molar-refractivity contribution in [3.05, 3.63) is 107 Å². The van der Waals surface area contributed by atoms with Gasteiger partial charge in [0, 0.05) is 17.7 Å². The lowest BCUT2D eigenvalue weighted by Gasteiger charge is -2.11. The molecule has 176 valence electrons. The molecule has 1 aliphatic heterocycles. The number of halogens is 2. The summed E-state index contributed by atoms with van der Waals surface area (Å²) in [5.74, 6) is -0.281. The molecule has 11 heteroatoms. The van der Waals surface area contributed by atoms with Gasteiger partial charge in [0.2, 0.25) is 0 Å². The van der Waals surface area contributed by atoms with Crippen molar-refractivity contribution in [2.75, 3.05) is 0 Å². The SMILES string of the molecule is O=C1NC(=NC(=O)c2ccccc2)S/C1=C\c1cc(Br)c(OCc2cccc([N+](=O)[O-])c2)c(Br)c1. The second-order valence-electron chi connectivity index (χ2n) is 7.18. The fraction of sp³-hybridized carbons (Fsp3) is 0.0417. The number of non-ortho nitro benzene ring substituents is 1. The van der Waals surface area contributed by atoms with E-state index in [9.17, 15) is 19.7 Å². The standard InChI is InChI=1S/C24H15Br2N3O5S/c25-18-10-15(11-19(26)21(18)34-13-14-5-4-8-17(9-14)29(32)33)12-20-23(31)28-24(35-20)27-22(30)16-6-2-1-3-7-16/h1-12H,13H2,(H,27,28,30,31)/b20-12-. The highest BCUT2D eigenvalue weighted by Crippen LogP contribution is 2.37. The average Bonchev–Trinajstić information content (AvgIpc) is 3.17. The number of benzene rings is 3. The van der Waals surface area contributed by atoms with E-state index in [4.69, 9.17) is 4.74 Å². The van der Waals surface area contributed by atoms with Crippen LogP contribution in [0.4, 0.5) is 5.69 Å². The lowest BCUT2D eigenvalue weighted by atomic mass is 10.2. The van der Waals surface area contributed by atoms with Crippen molar-refractivity contribution in [1.29, 1.82) is 0 Å². The third kappa shape index (κ3) is 6.24. The maximum Gasteiger partial charge on any atom is 0.279 e. The summed E-state index contributed by atoms with van der Waals surface area (Å²) in [4.78, 5) is 39.6. The molecule has 4 rings (SSSR count). The first-order valence-corrected chi connectivity index (χ1v) is 12.4. The number of carbonyl (C=O) groups excluding carboxylic acids is 2. The van der Waals surface area contributed by atoms with E-state index in [0.717, 1.165) is 11.8 Å². The van der Waals surface area contributed by atoms with Gasteiger partial charge >= 0.3 is 0 Å². The zero-order valence-corrected chi connectivity index (χ0v) is 21.7. The van der Waals surface area contributed by atoms with E-state index >= 15 is 0 Å². The van der Waals surface area contributed by atoms with Crippen LogP contribution in [0.2, 0.25) is 0 Å². The van der Waals surface area contributed by atoms with Crippen molar-refractivity contribution >= 4 is 72.4 Å². The number of thioether (sulfide) groups is 1. The molecule has 0 aliphatic carbocycles. The molecule has 1 saturated heterocycles. The Morgan fingerprint density at radius 2 is 1.80 bits per heavy atom. The van der Waals surface area contributed by atoms with Gasteiger partial charge in [-0.3, -0.25) is 19.7 Å². The maximum absolute atomic E-state index is 12.4. The topological polar surface area (TPSA) is 111 Å². The summed E-state index contributed by atoms with van der Waals surface area (Å²) >= 11 is 8.03. The van der Waals surface area contributed by atoms with E-state index in [1.165, 1.54) is 12.1 Å². The summed E-state index contributed by atoms with van der Waals surface area (Å²) in [6.07, 6.45) is 1.68. The molecule has 0 unspecified atom stereocenters. The average molecular weight is 617 g/mol. The number of nitro groups is 1. The fourth-order valence-corrected chi connectivity index (χ4v) is 5.36. The molecule has 1 heterocycles. The minimum Gasteiger partial charge on any atom is -0.487 e. The number of nitrogens with one attached hydrogen (secondary N) is 1. The Kier molecular flexibility index (Phi) is 7.79. The van der Waals surface area contributed by atoms with Gasteiger partial charge in [-0.05, 0) is 85.1 Å². The first kappa shape index (κ1) is 24.8. The van der Waals surface area contributed by atoms with E-state index in [0.29, 0.717) is 36.3 Å². The summed E-state index contributed by atoms with van der Waals surface area (Å²) in [5, 5.41) is 13.8. The van der Waals surface area contributed by atoms with Crippen LogP contribution < -0.4 is 10.1 Å². The van der Waals surface area contributed by atoms with E-state index in [1.54, 1.807) is 60.7 Å². The van der Waals surface area contributed by atoms with E-state index < -0.39 is 10.8 Å². The van der Waals surface area contributed by atoms with Crippen molar-refractivity contribution < 1.29 is 19.2 Å². The summed E-state index contributed by atoms with van der Waals surface area (Å²) in [7, 11) is 0. The minimum absolute atomic E-state index is 0.00748. The predicted octanol–water partition coefficient (Wildman–Crippen LogP) is 6.10. The fourth-order valence-electron chi connectivity index (χ4n) is 3.09. The molecule has 0 saturated carbocycles. The third-order valence-corrected chi connectivity index (χ3v) is 6.79. The second-order valence-corrected chi connectivity index (χ2v) is 9.92. The zero-order chi connectivity index (χ0) is 24.9. The predicted molar refractivity (Wildman–Crippen MR) is 141 cm³/mol. The van der Waals surface area contributed by atoms with Gasteiger partial charge in [0.15, 0.2) is 5.17 Å². The lowest BCUT2D eigenvalue weighted by molar-refractivity contribution is -0.384. The molecule has 3 aromatic rings. The van der Waals surface area contributed by atoms with Gasteiger partial charge in [-0.1, -0.05) is 30.3 Å². The van der Waals surface area contributed by atoms with Crippen LogP contribution in [0.3, 0.4) is 0 Å². The molecule has 35 heavy (non-hydrogen) atoms. The van der Waals surface area contributed by atoms with Crippen LogP contribution in [-0.2, 0) is 11.4 Å². The van der Waals surface area contributed by atoms with Crippen molar-refractivity contribution in [3.63, 3.8) is 0 Å². The quantitative estimate of drug-likeness (QED) is 0.204. The number of nitro benzene ring substituents is 1. The van der Waals surface area contributed by atoms with E-state index in [2.05, 4.69) is 42.2 Å². The van der Waals surface area contributed by atoms with Crippen LogP contribution in [0.1, 0.15) is 21.5 Å². The molecular weight excluding hydrogens is 602 g/mol. The number of nitrogens with zero attached hydrogens (tertiary/aromatic N) is 2. The molecule has 0 aromatic heterocycles. The smallest absolute Gasteiger partial charge is 0.279 e. The molecular formula is C24H15Br2N3O5S. The third-order valence-electron chi connectivity index (χ3n) is 4.70. The Hall–Kier alpha value is -3.28. The lowest BCUT2D eigenvalue weighted by Crippen LogP contribution is -2.20. The highest BCUT2D eigenvalue weighted by molar-refractivity contribution is 9.11. The first-order chi connectivity index (χ1) is 16.8. The zero-order valence-electron chi connectivity index (χ0n) is 17.7. The number of amidine groups is 1. The van der Waals surface area contributed by atoms with Crippen molar-refractivity contribution in [2.45, 2.75) is 6.61 Å². The Morgan fingerprint density at radius 3 is 2.49 bits per heavy atom. The Bertz CT molecular complexity index is 1370. The van der Waals surface area contributed by atoms with Crippen LogP contribution in [0.5, 0.6) is 5.75 Å². The van der Waals surface area contributed by atoms with E-state index in [-0.39, 0.29) is 23.4 Å². The monoisotopic (exact) mass is 615 g/mol. The van der Waals surface area contributed by atoms with Gasteiger partial charge in [-0.15, -0.1) is 0 Å². The van der Waals surface area contributed by atoms with Gasteiger partial charge in [0.25, 0.3) is 17.5 Å². The Labute approximate surface area is 220 Å². The first-order valence-electron chi connectivity index (χ1n) is 10.0. The molecule has 1 fully saturated rings. The maximum atomic E-state index is 12.4. The van der Waals surface area contributed by atoms with Crippen molar-refractivity contribution in [2.24, 2.45) is 4.99 Å². The molecule has 0 radical (unpaired) electrons. The van der Waals surface area contributed by atoms with Crippen LogP contribution in [0, 0.1) is 10.1 Å². The Morgan fingerprint density at radius 1 is 1.09 bits per heavy atom. The second kappa shape index (κ2) is 11.0. The van der Waals surface area contributed by atoms with Crippen LogP contribution >= 0.6 is 43.6 Å². The molecule has 0 bridgehead atoms. The van der Waals surface area contributed by atoms with Gasteiger partial charge in [0.05, 0.1) is 18.8 Å². The van der Waals surface area contributed by atoms with Crippen LogP contribution in [0.25, 0.3) is 6.08 Å².